The standard InChI is InChI=1S/C19H23IN2O3/c1-12-6-4-5-7-16(12)22-19(23)14(11-21)8-13-9-15(20)18(25-3)17(10-13)24-2/h8-10,12,16H,4-7H2,1-3H3,(H,22,23)/b14-8+/t12-,16+/m1/s1. The van der Waals surface area contributed by atoms with Gasteiger partial charge < -0.3 is 14.8 Å². The van der Waals surface area contributed by atoms with Gasteiger partial charge in [0.25, 0.3) is 5.91 Å². The lowest BCUT2D eigenvalue weighted by Gasteiger charge is -2.29. The van der Waals surface area contributed by atoms with E-state index in [0.717, 1.165) is 28.4 Å². The van der Waals surface area contributed by atoms with Crippen molar-refractivity contribution in [3.8, 4) is 17.6 Å². The number of halogens is 1. The quantitative estimate of drug-likeness (QED) is 0.416. The highest BCUT2D eigenvalue weighted by atomic mass is 127. The third-order valence-electron chi connectivity index (χ3n) is 4.56. The molecule has 5 nitrogen and oxygen atoms in total. The van der Waals surface area contributed by atoms with Gasteiger partial charge in [0.2, 0.25) is 0 Å². The van der Waals surface area contributed by atoms with E-state index in [1.807, 2.05) is 12.1 Å². The van der Waals surface area contributed by atoms with Crippen LogP contribution in [0.3, 0.4) is 0 Å². The van der Waals surface area contributed by atoms with Crippen LogP contribution in [0.4, 0.5) is 0 Å². The lowest BCUT2D eigenvalue weighted by atomic mass is 9.86. The number of hydrogen-bond donors (Lipinski definition) is 1. The Kier molecular flexibility index (Phi) is 7.12. The Balaban J connectivity index is 2.23. The Morgan fingerprint density at radius 2 is 2.04 bits per heavy atom. The first-order valence-electron chi connectivity index (χ1n) is 8.34. The van der Waals surface area contributed by atoms with E-state index in [0.29, 0.717) is 17.4 Å². The van der Waals surface area contributed by atoms with Crippen LogP contribution in [0.25, 0.3) is 6.08 Å². The Labute approximate surface area is 162 Å². The molecule has 1 fully saturated rings. The summed E-state index contributed by atoms with van der Waals surface area (Å²) in [6, 6.07) is 5.77. The molecule has 25 heavy (non-hydrogen) atoms. The largest absolute Gasteiger partial charge is 0.493 e. The van der Waals surface area contributed by atoms with Crippen LogP contribution in [0, 0.1) is 20.8 Å². The van der Waals surface area contributed by atoms with Gasteiger partial charge in [-0.05, 0) is 65.1 Å². The first-order valence-corrected chi connectivity index (χ1v) is 9.42. The highest BCUT2D eigenvalue weighted by molar-refractivity contribution is 14.1. The summed E-state index contributed by atoms with van der Waals surface area (Å²) in [7, 11) is 3.14. The van der Waals surface area contributed by atoms with Crippen LogP contribution in [-0.2, 0) is 4.79 Å². The number of benzene rings is 1. The molecule has 1 aliphatic rings. The monoisotopic (exact) mass is 454 g/mol. The summed E-state index contributed by atoms with van der Waals surface area (Å²) in [6.07, 6.45) is 6.00. The fraction of sp³-hybridized carbons (Fsp3) is 0.474. The van der Waals surface area contributed by atoms with Crippen molar-refractivity contribution in [2.75, 3.05) is 14.2 Å². The Bertz CT molecular complexity index is 709. The van der Waals surface area contributed by atoms with Crippen molar-refractivity contribution in [2.45, 2.75) is 38.6 Å². The van der Waals surface area contributed by atoms with Crippen LogP contribution in [0.15, 0.2) is 17.7 Å². The van der Waals surface area contributed by atoms with Gasteiger partial charge in [0.05, 0.1) is 17.8 Å². The van der Waals surface area contributed by atoms with Gasteiger partial charge in [-0.3, -0.25) is 4.79 Å². The van der Waals surface area contributed by atoms with Crippen molar-refractivity contribution in [3.05, 3.63) is 26.8 Å². The van der Waals surface area contributed by atoms with Crippen molar-refractivity contribution in [1.82, 2.24) is 5.32 Å². The zero-order valence-electron chi connectivity index (χ0n) is 14.8. The average molecular weight is 454 g/mol. The number of nitrogens with one attached hydrogen (secondary N) is 1. The van der Waals surface area contributed by atoms with Crippen LogP contribution in [0.1, 0.15) is 38.2 Å². The molecule has 2 rings (SSSR count). The number of carbonyl (C=O) groups is 1. The summed E-state index contributed by atoms with van der Waals surface area (Å²) < 4.78 is 11.5. The van der Waals surface area contributed by atoms with Crippen LogP contribution in [0.2, 0.25) is 0 Å². The smallest absolute Gasteiger partial charge is 0.262 e. The third kappa shape index (κ3) is 4.88. The highest BCUT2D eigenvalue weighted by Gasteiger charge is 2.24. The predicted octanol–water partition coefficient (Wildman–Crippen LogP) is 3.91. The zero-order valence-corrected chi connectivity index (χ0v) is 16.9. The molecule has 1 aromatic rings. The molecule has 1 amide bonds. The van der Waals surface area contributed by atoms with Crippen LogP contribution in [-0.4, -0.2) is 26.2 Å². The molecule has 134 valence electrons. The zero-order chi connectivity index (χ0) is 18.4. The van der Waals surface area contributed by atoms with Crippen LogP contribution < -0.4 is 14.8 Å². The van der Waals surface area contributed by atoms with E-state index >= 15 is 0 Å². The number of nitriles is 1. The number of amides is 1. The second-order valence-corrected chi connectivity index (χ2v) is 7.41. The molecule has 2 atom stereocenters. The Morgan fingerprint density at radius 3 is 2.64 bits per heavy atom. The Hall–Kier alpha value is -1.75. The minimum Gasteiger partial charge on any atom is -0.493 e. The molecule has 0 aliphatic heterocycles. The molecule has 0 unspecified atom stereocenters. The summed E-state index contributed by atoms with van der Waals surface area (Å²) in [5.41, 5.74) is 0.825. The lowest BCUT2D eigenvalue weighted by Crippen LogP contribution is -2.41. The first kappa shape index (κ1) is 19.6. The molecule has 0 spiro atoms. The van der Waals surface area contributed by atoms with Crippen LogP contribution >= 0.6 is 22.6 Å². The van der Waals surface area contributed by atoms with E-state index in [4.69, 9.17) is 9.47 Å². The van der Waals surface area contributed by atoms with E-state index in [1.165, 1.54) is 6.42 Å². The number of nitrogens with zero attached hydrogens (tertiary/aromatic N) is 1. The summed E-state index contributed by atoms with van der Waals surface area (Å²) >= 11 is 2.14. The molecule has 0 aromatic heterocycles. The van der Waals surface area contributed by atoms with E-state index in [9.17, 15) is 10.1 Å². The molecular formula is C19H23IN2O3. The predicted molar refractivity (Wildman–Crippen MR) is 105 cm³/mol. The SMILES string of the molecule is COc1cc(/C=C(\C#N)C(=O)N[C@H]2CCCC[C@H]2C)cc(I)c1OC. The van der Waals surface area contributed by atoms with E-state index in [2.05, 4.69) is 34.8 Å². The summed E-state index contributed by atoms with van der Waals surface area (Å²) in [4.78, 5) is 12.5. The van der Waals surface area contributed by atoms with Crippen LogP contribution in [0.5, 0.6) is 11.5 Å². The van der Waals surface area contributed by atoms with Crippen molar-refractivity contribution in [1.29, 1.82) is 5.26 Å². The van der Waals surface area contributed by atoms with Crippen molar-refractivity contribution >= 4 is 34.6 Å². The molecule has 0 bridgehead atoms. The number of rotatable bonds is 5. The first-order chi connectivity index (χ1) is 12.0. The summed E-state index contributed by atoms with van der Waals surface area (Å²) in [5.74, 6) is 1.34. The van der Waals surface area contributed by atoms with Gasteiger partial charge in [0.15, 0.2) is 11.5 Å². The molecule has 0 radical (unpaired) electrons. The molecule has 6 heteroatoms. The van der Waals surface area contributed by atoms with Gasteiger partial charge in [-0.25, -0.2) is 0 Å². The lowest BCUT2D eigenvalue weighted by molar-refractivity contribution is -0.118. The molecule has 0 saturated heterocycles. The number of methoxy groups -OCH3 is 2. The van der Waals surface area contributed by atoms with Gasteiger partial charge in [-0.1, -0.05) is 19.8 Å². The molecule has 1 saturated carbocycles. The third-order valence-corrected chi connectivity index (χ3v) is 5.36. The molecule has 0 heterocycles. The Morgan fingerprint density at radius 1 is 1.32 bits per heavy atom. The number of carbonyl (C=O) groups excluding carboxylic acids is 1. The minimum absolute atomic E-state index is 0.0980. The molecular weight excluding hydrogens is 431 g/mol. The fourth-order valence-electron chi connectivity index (χ4n) is 3.11. The van der Waals surface area contributed by atoms with E-state index in [1.54, 1.807) is 26.4 Å². The maximum Gasteiger partial charge on any atom is 0.262 e. The summed E-state index contributed by atoms with van der Waals surface area (Å²) in [5, 5.41) is 12.4. The van der Waals surface area contributed by atoms with Gasteiger partial charge in [0, 0.05) is 6.04 Å². The maximum absolute atomic E-state index is 12.5. The normalized spacial score (nSPS) is 20.5. The molecule has 1 aliphatic carbocycles. The number of ether oxygens (including phenoxy) is 2. The van der Waals surface area contributed by atoms with Gasteiger partial charge in [-0.2, -0.15) is 5.26 Å². The average Bonchev–Trinajstić information content (AvgIpc) is 2.60. The topological polar surface area (TPSA) is 71.3 Å². The van der Waals surface area contributed by atoms with Gasteiger partial charge in [0.1, 0.15) is 11.6 Å². The van der Waals surface area contributed by atoms with Gasteiger partial charge >= 0.3 is 0 Å². The highest BCUT2D eigenvalue weighted by Crippen LogP contribution is 2.34. The fourth-order valence-corrected chi connectivity index (χ4v) is 3.96. The molecule has 1 aromatic carbocycles. The van der Waals surface area contributed by atoms with Gasteiger partial charge in [-0.15, -0.1) is 0 Å². The van der Waals surface area contributed by atoms with Crippen molar-refractivity contribution in [3.63, 3.8) is 0 Å². The van der Waals surface area contributed by atoms with E-state index < -0.39 is 0 Å². The summed E-state index contributed by atoms with van der Waals surface area (Å²) in [6.45, 7) is 2.15. The minimum atomic E-state index is -0.314. The van der Waals surface area contributed by atoms with Crippen molar-refractivity contribution < 1.29 is 14.3 Å². The second kappa shape index (κ2) is 9.09. The maximum atomic E-state index is 12.5. The van der Waals surface area contributed by atoms with Crippen molar-refractivity contribution in [2.24, 2.45) is 5.92 Å². The second-order valence-electron chi connectivity index (χ2n) is 6.25. The molecule has 1 N–H and O–H groups in total. The number of hydrogen-bond acceptors (Lipinski definition) is 4. The van der Waals surface area contributed by atoms with E-state index in [-0.39, 0.29) is 17.5 Å².